The van der Waals surface area contributed by atoms with Gasteiger partial charge in [0.2, 0.25) is 11.6 Å². The molecule has 4 aliphatic rings. The summed E-state index contributed by atoms with van der Waals surface area (Å²) in [6.45, 7) is 5.34. The Balaban J connectivity index is 1.85. The molecule has 8 atom stereocenters. The number of Topliss-reactive ketones (excluding diaryl/α,β-unsaturated/α-hetero) is 1. The van der Waals surface area contributed by atoms with Crippen molar-refractivity contribution in [1.82, 2.24) is 0 Å². The molecule has 0 aromatic carbocycles. The number of aliphatic hydroxyl groups excluding tert-OH is 1. The van der Waals surface area contributed by atoms with Crippen LogP contribution >= 0.6 is 0 Å². The molecule has 4 rings (SSSR count). The van der Waals surface area contributed by atoms with Crippen LogP contribution in [-0.4, -0.2) is 46.7 Å². The highest BCUT2D eigenvalue weighted by Crippen LogP contribution is 2.71. The van der Waals surface area contributed by atoms with Crippen LogP contribution in [0, 0.1) is 28.6 Å². The van der Waals surface area contributed by atoms with Gasteiger partial charge in [-0.3, -0.25) is 14.4 Å². The van der Waals surface area contributed by atoms with Crippen LogP contribution in [0.15, 0.2) is 23.6 Å². The number of ketones is 2. The molecule has 4 aliphatic carbocycles. The molecule has 0 amide bonds. The number of hydrogen-bond donors (Lipinski definition) is 1. The van der Waals surface area contributed by atoms with E-state index in [0.29, 0.717) is 12.8 Å². The number of alkyl halides is 2. The normalized spacial score (nSPS) is 45.5. The van der Waals surface area contributed by atoms with E-state index in [4.69, 9.17) is 4.74 Å². The van der Waals surface area contributed by atoms with Gasteiger partial charge in [0, 0.05) is 29.1 Å². The molecule has 0 aromatic heterocycles. The Morgan fingerprint density at radius 2 is 1.94 bits per heavy atom. The highest BCUT2D eigenvalue weighted by atomic mass is 19.1. The second-order valence-electron chi connectivity index (χ2n) is 11.0. The molecule has 0 bridgehead atoms. The van der Waals surface area contributed by atoms with Crippen LogP contribution in [0.3, 0.4) is 0 Å². The SMILES string of the molecule is CCCC(=O)O[C@@]1(C(=O)CF)[C@@H](C)C[C@H]2[C@@H]3CCC4=C(F)C(=O)C=C[C@]4(C)[C@@]3(F)[C@@H](O)C[C@@]21C. The van der Waals surface area contributed by atoms with Gasteiger partial charge in [0.25, 0.3) is 0 Å². The lowest BCUT2D eigenvalue weighted by atomic mass is 9.44. The molecule has 0 radical (unpaired) electrons. The molecule has 0 heterocycles. The number of aliphatic hydroxyl groups is 1. The molecule has 3 saturated carbocycles. The lowest BCUT2D eigenvalue weighted by Gasteiger charge is -2.62. The maximum absolute atomic E-state index is 17.2. The molecule has 8 heteroatoms. The van der Waals surface area contributed by atoms with Crippen molar-refractivity contribution in [3.63, 3.8) is 0 Å². The molecule has 188 valence electrons. The van der Waals surface area contributed by atoms with Gasteiger partial charge in [-0.25, -0.2) is 13.2 Å². The summed E-state index contributed by atoms with van der Waals surface area (Å²) in [7, 11) is 0. The fourth-order valence-electron chi connectivity index (χ4n) is 8.01. The maximum atomic E-state index is 17.2. The van der Waals surface area contributed by atoms with Gasteiger partial charge in [0.15, 0.2) is 23.8 Å². The zero-order chi connectivity index (χ0) is 25.3. The Labute approximate surface area is 197 Å². The van der Waals surface area contributed by atoms with Gasteiger partial charge in [0.05, 0.1) is 6.10 Å². The van der Waals surface area contributed by atoms with Gasteiger partial charge in [-0.1, -0.05) is 26.8 Å². The molecule has 1 N–H and O–H groups in total. The summed E-state index contributed by atoms with van der Waals surface area (Å²) in [6, 6.07) is 0. The van der Waals surface area contributed by atoms with Crippen molar-refractivity contribution >= 4 is 17.5 Å². The third-order valence-electron chi connectivity index (χ3n) is 9.54. The highest BCUT2D eigenvalue weighted by Gasteiger charge is 2.77. The number of halogens is 3. The summed E-state index contributed by atoms with van der Waals surface area (Å²) in [6.07, 6.45) is 1.58. The van der Waals surface area contributed by atoms with E-state index in [1.54, 1.807) is 20.8 Å². The summed E-state index contributed by atoms with van der Waals surface area (Å²) >= 11 is 0. The van der Waals surface area contributed by atoms with E-state index in [9.17, 15) is 28.3 Å². The molecule has 5 nitrogen and oxygen atoms in total. The van der Waals surface area contributed by atoms with Gasteiger partial charge < -0.3 is 9.84 Å². The number of rotatable bonds is 5. The van der Waals surface area contributed by atoms with Gasteiger partial charge in [-0.2, -0.15) is 0 Å². The van der Waals surface area contributed by atoms with E-state index in [-0.39, 0.29) is 31.3 Å². The van der Waals surface area contributed by atoms with Crippen molar-refractivity contribution in [3.8, 4) is 0 Å². The van der Waals surface area contributed by atoms with E-state index in [2.05, 4.69) is 0 Å². The number of hydrogen-bond acceptors (Lipinski definition) is 5. The first-order valence-electron chi connectivity index (χ1n) is 12.2. The predicted octanol–water partition coefficient (Wildman–Crippen LogP) is 4.52. The second kappa shape index (κ2) is 8.04. The first-order valence-corrected chi connectivity index (χ1v) is 12.2. The standard InChI is InChI=1S/C26H33F3O5/c1-5-6-21(33)34-26(20(32)13-27)14(2)11-17-15-7-8-16-22(28)18(30)9-10-23(16,3)25(15,29)19(31)12-24(17,26)4/h9-10,14-15,17,19,31H,5-8,11-13H2,1-4H3/t14-,15-,17-,19-,23-,24-,25-,26+/m0/s1. The van der Waals surface area contributed by atoms with E-state index in [0.717, 1.165) is 6.08 Å². The number of esters is 1. The monoisotopic (exact) mass is 482 g/mol. The Hall–Kier alpha value is -1.96. The first kappa shape index (κ1) is 25.1. The lowest BCUT2D eigenvalue weighted by molar-refractivity contribution is -0.228. The summed E-state index contributed by atoms with van der Waals surface area (Å²) in [4.78, 5) is 37.7. The van der Waals surface area contributed by atoms with Crippen LogP contribution in [0.25, 0.3) is 0 Å². The van der Waals surface area contributed by atoms with Crippen LogP contribution in [0.4, 0.5) is 13.2 Å². The summed E-state index contributed by atoms with van der Waals surface area (Å²) in [5.74, 6) is -5.20. The average Bonchev–Trinajstić information content (AvgIpc) is 2.99. The molecule has 0 spiro atoms. The minimum atomic E-state index is -2.30. The first-order chi connectivity index (χ1) is 15.8. The minimum absolute atomic E-state index is 0.0490. The molecular weight excluding hydrogens is 449 g/mol. The largest absolute Gasteiger partial charge is 0.450 e. The fraction of sp³-hybridized carbons (Fsp3) is 0.731. The van der Waals surface area contributed by atoms with Crippen molar-refractivity contribution in [3.05, 3.63) is 23.6 Å². The topological polar surface area (TPSA) is 80.7 Å². The zero-order valence-electron chi connectivity index (χ0n) is 20.1. The zero-order valence-corrected chi connectivity index (χ0v) is 20.1. The molecule has 0 saturated heterocycles. The van der Waals surface area contributed by atoms with E-state index >= 15 is 4.39 Å². The van der Waals surface area contributed by atoms with Crippen molar-refractivity contribution in [1.29, 1.82) is 0 Å². The predicted molar refractivity (Wildman–Crippen MR) is 118 cm³/mol. The lowest BCUT2D eigenvalue weighted by Crippen LogP contribution is -2.70. The van der Waals surface area contributed by atoms with Crippen LogP contribution in [0.1, 0.15) is 66.2 Å². The van der Waals surface area contributed by atoms with Crippen LogP contribution in [-0.2, 0) is 19.1 Å². The molecular formula is C26H33F3O5. The molecule has 0 aromatic rings. The van der Waals surface area contributed by atoms with Gasteiger partial charge in [-0.15, -0.1) is 0 Å². The van der Waals surface area contributed by atoms with E-state index < -0.39 is 76.0 Å². The Kier molecular flexibility index (Phi) is 5.94. The Morgan fingerprint density at radius 3 is 2.56 bits per heavy atom. The summed E-state index contributed by atoms with van der Waals surface area (Å²) < 4.78 is 51.7. The number of ether oxygens (including phenoxy) is 1. The van der Waals surface area contributed by atoms with Crippen molar-refractivity contribution in [2.75, 3.05) is 6.67 Å². The quantitative estimate of drug-likeness (QED) is 0.583. The molecule has 34 heavy (non-hydrogen) atoms. The smallest absolute Gasteiger partial charge is 0.306 e. The third-order valence-corrected chi connectivity index (χ3v) is 9.54. The van der Waals surface area contributed by atoms with Gasteiger partial charge in [0.1, 0.15) is 0 Å². The van der Waals surface area contributed by atoms with Crippen LogP contribution in [0.2, 0.25) is 0 Å². The number of allylic oxidation sites excluding steroid dienone is 4. The number of fused-ring (bicyclic) bond motifs is 5. The van der Waals surface area contributed by atoms with Crippen LogP contribution in [0.5, 0.6) is 0 Å². The second-order valence-corrected chi connectivity index (χ2v) is 11.0. The summed E-state index contributed by atoms with van der Waals surface area (Å²) in [5.41, 5.74) is -6.81. The third kappa shape index (κ3) is 2.86. The van der Waals surface area contributed by atoms with Gasteiger partial charge >= 0.3 is 5.97 Å². The minimum Gasteiger partial charge on any atom is -0.450 e. The fourth-order valence-corrected chi connectivity index (χ4v) is 8.01. The Morgan fingerprint density at radius 1 is 1.26 bits per heavy atom. The van der Waals surface area contributed by atoms with Crippen molar-refractivity contribution in [2.45, 2.75) is 83.6 Å². The van der Waals surface area contributed by atoms with E-state index in [1.165, 1.54) is 13.0 Å². The van der Waals surface area contributed by atoms with Crippen LogP contribution < -0.4 is 0 Å². The maximum Gasteiger partial charge on any atom is 0.306 e. The van der Waals surface area contributed by atoms with Crippen molar-refractivity contribution < 1.29 is 37.4 Å². The molecule has 0 unspecified atom stereocenters. The number of carbonyl (C=O) groups excluding carboxylic acids is 3. The summed E-state index contributed by atoms with van der Waals surface area (Å²) in [5, 5.41) is 11.4. The highest BCUT2D eigenvalue weighted by molar-refractivity contribution is 6.04. The van der Waals surface area contributed by atoms with E-state index in [1.807, 2.05) is 0 Å². The number of carbonyl (C=O) groups is 3. The molecule has 3 fully saturated rings. The van der Waals surface area contributed by atoms with Gasteiger partial charge in [-0.05, 0) is 56.6 Å². The van der Waals surface area contributed by atoms with Crippen molar-refractivity contribution in [2.24, 2.45) is 28.6 Å². The average molecular weight is 483 g/mol. The molecule has 0 aliphatic heterocycles. The Bertz CT molecular complexity index is 991.